The highest BCUT2D eigenvalue weighted by atomic mass is 16.5. The van der Waals surface area contributed by atoms with Crippen LogP contribution in [-0.4, -0.2) is 36.4 Å². The molecule has 0 radical (unpaired) electrons. The second kappa shape index (κ2) is 7.76. The fourth-order valence-electron chi connectivity index (χ4n) is 1.03. The summed E-state index contributed by atoms with van der Waals surface area (Å²) in [7, 11) is 0. The number of aliphatic hydroxyl groups is 1. The number of nitrogens with one attached hydrogen (secondary N) is 1. The second-order valence-electron chi connectivity index (χ2n) is 3.69. The monoisotopic (exact) mass is 203 g/mol. The van der Waals surface area contributed by atoms with Gasteiger partial charge in [-0.3, -0.25) is 4.79 Å². The first-order chi connectivity index (χ1) is 6.56. The number of carbonyl (C=O) groups excluding carboxylic acids is 1. The molecule has 0 aliphatic heterocycles. The van der Waals surface area contributed by atoms with Crippen LogP contribution in [0.1, 0.15) is 33.6 Å². The number of hydrogen-bond donors (Lipinski definition) is 2. The molecular formula is C10H21NO3. The van der Waals surface area contributed by atoms with Crippen molar-refractivity contribution in [3.8, 4) is 0 Å². The zero-order valence-electron chi connectivity index (χ0n) is 9.25. The molecule has 4 nitrogen and oxygen atoms in total. The van der Waals surface area contributed by atoms with E-state index < -0.39 is 0 Å². The van der Waals surface area contributed by atoms with Crippen molar-refractivity contribution in [3.63, 3.8) is 0 Å². The predicted octanol–water partition coefficient (Wildman–Crippen LogP) is 0.689. The van der Waals surface area contributed by atoms with Gasteiger partial charge in [0, 0.05) is 12.6 Å². The average Bonchev–Trinajstić information content (AvgIpc) is 2.11. The third-order valence-corrected chi connectivity index (χ3v) is 1.75. The van der Waals surface area contributed by atoms with Gasteiger partial charge in [0.1, 0.15) is 6.61 Å². The first-order valence-corrected chi connectivity index (χ1v) is 5.08. The first kappa shape index (κ1) is 13.4. The van der Waals surface area contributed by atoms with Gasteiger partial charge in [-0.2, -0.15) is 0 Å². The first-order valence-electron chi connectivity index (χ1n) is 5.08. The molecule has 0 heterocycles. The molecule has 4 heteroatoms. The van der Waals surface area contributed by atoms with Gasteiger partial charge in [0.15, 0.2) is 0 Å². The number of hydrogen-bond acceptors (Lipinski definition) is 3. The Labute approximate surface area is 85.6 Å². The molecule has 0 saturated heterocycles. The number of rotatable bonds is 7. The van der Waals surface area contributed by atoms with Gasteiger partial charge in [0.2, 0.25) is 5.91 Å². The van der Waals surface area contributed by atoms with Crippen molar-refractivity contribution in [2.75, 3.05) is 13.2 Å². The van der Waals surface area contributed by atoms with Crippen molar-refractivity contribution in [3.05, 3.63) is 0 Å². The van der Waals surface area contributed by atoms with E-state index in [0.29, 0.717) is 6.42 Å². The van der Waals surface area contributed by atoms with E-state index in [2.05, 4.69) is 5.32 Å². The van der Waals surface area contributed by atoms with Crippen LogP contribution in [0.3, 0.4) is 0 Å². The van der Waals surface area contributed by atoms with E-state index in [-0.39, 0.29) is 31.3 Å². The highest BCUT2D eigenvalue weighted by Gasteiger charge is 2.07. The highest BCUT2D eigenvalue weighted by Crippen LogP contribution is 1.95. The van der Waals surface area contributed by atoms with Crippen molar-refractivity contribution in [2.45, 2.75) is 45.8 Å². The molecule has 0 aliphatic carbocycles. The van der Waals surface area contributed by atoms with Crippen molar-refractivity contribution < 1.29 is 14.6 Å². The Kier molecular flexibility index (Phi) is 7.42. The summed E-state index contributed by atoms with van der Waals surface area (Å²) in [5.74, 6) is -0.0934. The van der Waals surface area contributed by atoms with Crippen LogP contribution >= 0.6 is 0 Å². The van der Waals surface area contributed by atoms with Crippen LogP contribution in [-0.2, 0) is 9.53 Å². The van der Waals surface area contributed by atoms with Gasteiger partial charge in [0.05, 0.1) is 6.10 Å². The predicted molar refractivity (Wildman–Crippen MR) is 55.0 cm³/mol. The molecule has 0 spiro atoms. The molecule has 1 unspecified atom stereocenters. The fraction of sp³-hybridized carbons (Fsp3) is 0.900. The Morgan fingerprint density at radius 2 is 2.07 bits per heavy atom. The molecule has 0 fully saturated rings. The smallest absolute Gasteiger partial charge is 0.246 e. The van der Waals surface area contributed by atoms with Gasteiger partial charge in [0.25, 0.3) is 0 Å². The van der Waals surface area contributed by atoms with Gasteiger partial charge in [-0.15, -0.1) is 0 Å². The maximum atomic E-state index is 11.2. The summed E-state index contributed by atoms with van der Waals surface area (Å²) >= 11 is 0. The third kappa shape index (κ3) is 8.01. The van der Waals surface area contributed by atoms with Crippen LogP contribution in [0.4, 0.5) is 0 Å². The highest BCUT2D eigenvalue weighted by molar-refractivity contribution is 5.77. The standard InChI is InChI=1S/C10H21NO3/c1-8(2)14-7-10(13)11-9(3)5-4-6-12/h8-9,12H,4-7H2,1-3H3,(H,11,13). The van der Waals surface area contributed by atoms with Crippen molar-refractivity contribution in [1.82, 2.24) is 5.32 Å². The molecule has 0 aromatic heterocycles. The van der Waals surface area contributed by atoms with Gasteiger partial charge in [-0.25, -0.2) is 0 Å². The number of amides is 1. The molecule has 0 rings (SSSR count). The lowest BCUT2D eigenvalue weighted by Gasteiger charge is -2.14. The molecule has 1 atom stereocenters. The summed E-state index contributed by atoms with van der Waals surface area (Å²) in [6, 6.07) is 0.102. The van der Waals surface area contributed by atoms with Crippen LogP contribution in [0.25, 0.3) is 0 Å². The lowest BCUT2D eigenvalue weighted by Crippen LogP contribution is -2.35. The van der Waals surface area contributed by atoms with Gasteiger partial charge >= 0.3 is 0 Å². The van der Waals surface area contributed by atoms with E-state index in [1.807, 2.05) is 20.8 Å². The van der Waals surface area contributed by atoms with E-state index in [4.69, 9.17) is 9.84 Å². The Morgan fingerprint density at radius 3 is 2.57 bits per heavy atom. The zero-order chi connectivity index (χ0) is 11.0. The van der Waals surface area contributed by atoms with Crippen molar-refractivity contribution >= 4 is 5.91 Å². The van der Waals surface area contributed by atoms with E-state index in [1.165, 1.54) is 0 Å². The maximum absolute atomic E-state index is 11.2. The summed E-state index contributed by atoms with van der Waals surface area (Å²) < 4.78 is 5.15. The van der Waals surface area contributed by atoms with Crippen LogP contribution in [0.5, 0.6) is 0 Å². The van der Waals surface area contributed by atoms with Crippen molar-refractivity contribution in [2.24, 2.45) is 0 Å². The number of ether oxygens (including phenoxy) is 1. The van der Waals surface area contributed by atoms with Gasteiger partial charge in [-0.1, -0.05) is 0 Å². The zero-order valence-corrected chi connectivity index (χ0v) is 9.25. The molecule has 14 heavy (non-hydrogen) atoms. The van der Waals surface area contributed by atoms with Crippen LogP contribution < -0.4 is 5.32 Å². The molecule has 0 aromatic rings. The molecule has 0 aliphatic rings. The molecule has 0 aromatic carbocycles. The lowest BCUT2D eigenvalue weighted by atomic mass is 10.2. The maximum Gasteiger partial charge on any atom is 0.246 e. The Morgan fingerprint density at radius 1 is 1.43 bits per heavy atom. The Balaban J connectivity index is 3.50. The molecular weight excluding hydrogens is 182 g/mol. The minimum atomic E-state index is -0.0934. The SMILES string of the molecule is CC(CCCO)NC(=O)COC(C)C. The van der Waals surface area contributed by atoms with E-state index in [1.54, 1.807) is 0 Å². The minimum absolute atomic E-state index is 0.0773. The quantitative estimate of drug-likeness (QED) is 0.640. The second-order valence-corrected chi connectivity index (χ2v) is 3.69. The van der Waals surface area contributed by atoms with Crippen LogP contribution in [0, 0.1) is 0 Å². The third-order valence-electron chi connectivity index (χ3n) is 1.75. The Bertz CT molecular complexity index is 159. The molecule has 0 bridgehead atoms. The van der Waals surface area contributed by atoms with Gasteiger partial charge in [-0.05, 0) is 33.6 Å². The van der Waals surface area contributed by atoms with E-state index in [9.17, 15) is 4.79 Å². The summed E-state index contributed by atoms with van der Waals surface area (Å²) in [4.78, 5) is 11.2. The summed E-state index contributed by atoms with van der Waals surface area (Å²) in [6.45, 7) is 5.98. The average molecular weight is 203 g/mol. The number of aliphatic hydroxyl groups excluding tert-OH is 1. The summed E-state index contributed by atoms with van der Waals surface area (Å²) in [6.07, 6.45) is 1.59. The van der Waals surface area contributed by atoms with Crippen molar-refractivity contribution in [1.29, 1.82) is 0 Å². The summed E-state index contributed by atoms with van der Waals surface area (Å²) in [5, 5.41) is 11.4. The normalized spacial score (nSPS) is 12.9. The van der Waals surface area contributed by atoms with E-state index >= 15 is 0 Å². The van der Waals surface area contributed by atoms with Crippen LogP contribution in [0.15, 0.2) is 0 Å². The van der Waals surface area contributed by atoms with Crippen LogP contribution in [0.2, 0.25) is 0 Å². The summed E-state index contributed by atoms with van der Waals surface area (Å²) in [5.41, 5.74) is 0. The van der Waals surface area contributed by atoms with Gasteiger partial charge < -0.3 is 15.2 Å². The topological polar surface area (TPSA) is 58.6 Å². The molecule has 84 valence electrons. The van der Waals surface area contributed by atoms with E-state index in [0.717, 1.165) is 6.42 Å². The largest absolute Gasteiger partial charge is 0.396 e. The fourth-order valence-corrected chi connectivity index (χ4v) is 1.03. The molecule has 1 amide bonds. The molecule has 0 saturated carbocycles. The minimum Gasteiger partial charge on any atom is -0.396 e. The molecule has 2 N–H and O–H groups in total. The number of carbonyl (C=O) groups is 1. The Hall–Kier alpha value is -0.610. The lowest BCUT2D eigenvalue weighted by molar-refractivity contribution is -0.127.